The van der Waals surface area contributed by atoms with Crippen LogP contribution in [0.4, 0.5) is 0 Å². The van der Waals surface area contributed by atoms with Gasteiger partial charge < -0.3 is 4.57 Å². The van der Waals surface area contributed by atoms with Gasteiger partial charge in [-0.05, 0) is 0 Å². The molecule has 2 aromatic heterocycles. The van der Waals surface area contributed by atoms with Crippen LogP contribution in [0.1, 0.15) is 5.69 Å². The van der Waals surface area contributed by atoms with Crippen molar-refractivity contribution in [1.29, 1.82) is 0 Å². The van der Waals surface area contributed by atoms with Crippen LogP contribution in [0.2, 0.25) is 19.6 Å². The Hall–Kier alpha value is -1.67. The molecule has 0 unspecified atom stereocenters. The fourth-order valence-corrected chi connectivity index (χ4v) is 1.78. The third-order valence-corrected chi connectivity index (χ3v) is 2.93. The topological polar surface area (TPSA) is 43.6 Å². The van der Waals surface area contributed by atoms with Crippen LogP contribution in [0.5, 0.6) is 0 Å². The van der Waals surface area contributed by atoms with Gasteiger partial charge in [-0.15, -0.1) is 5.54 Å². The van der Waals surface area contributed by atoms with Gasteiger partial charge in [0.15, 0.2) is 5.65 Å². The minimum atomic E-state index is -1.38. The minimum Gasteiger partial charge on any atom is -0.318 e. The molecule has 0 spiro atoms. The zero-order chi connectivity index (χ0) is 11.8. The van der Waals surface area contributed by atoms with Gasteiger partial charge in [0, 0.05) is 7.05 Å². The van der Waals surface area contributed by atoms with Crippen molar-refractivity contribution in [3.05, 3.63) is 18.3 Å². The van der Waals surface area contributed by atoms with Gasteiger partial charge in [-0.1, -0.05) is 25.6 Å². The van der Waals surface area contributed by atoms with Crippen LogP contribution in [0.15, 0.2) is 12.7 Å². The van der Waals surface area contributed by atoms with Crippen molar-refractivity contribution in [2.75, 3.05) is 0 Å². The standard InChI is InChI=1S/C11H14N4Si/c1-15-8-14-10-9(5-6-16(2,3)4)12-7-13-11(10)15/h7-8H,1-4H3. The molecule has 0 N–H and O–H groups in total. The second-order valence-electron chi connectivity index (χ2n) is 4.75. The lowest BCUT2D eigenvalue weighted by Gasteiger charge is -2.03. The molecule has 2 rings (SSSR count). The van der Waals surface area contributed by atoms with Crippen molar-refractivity contribution in [3.8, 4) is 11.5 Å². The van der Waals surface area contributed by atoms with E-state index in [1.807, 2.05) is 11.6 Å². The van der Waals surface area contributed by atoms with Gasteiger partial charge in [-0.3, -0.25) is 0 Å². The predicted molar refractivity (Wildman–Crippen MR) is 66.5 cm³/mol. The van der Waals surface area contributed by atoms with E-state index in [9.17, 15) is 0 Å². The molecule has 0 amide bonds. The fraction of sp³-hybridized carbons (Fsp3) is 0.364. The molecular weight excluding hydrogens is 216 g/mol. The number of aromatic nitrogens is 4. The smallest absolute Gasteiger partial charge is 0.164 e. The van der Waals surface area contributed by atoms with Gasteiger partial charge in [-0.25, -0.2) is 15.0 Å². The summed E-state index contributed by atoms with van der Waals surface area (Å²) in [5, 5.41) is 0. The molecule has 2 aromatic rings. The van der Waals surface area contributed by atoms with Crippen molar-refractivity contribution < 1.29 is 0 Å². The maximum Gasteiger partial charge on any atom is 0.164 e. The van der Waals surface area contributed by atoms with Gasteiger partial charge >= 0.3 is 0 Å². The molecule has 16 heavy (non-hydrogen) atoms. The second kappa shape index (κ2) is 3.72. The predicted octanol–water partition coefficient (Wildman–Crippen LogP) is 1.59. The average molecular weight is 230 g/mol. The number of aryl methyl sites for hydroxylation is 1. The summed E-state index contributed by atoms with van der Waals surface area (Å²) < 4.78 is 1.87. The van der Waals surface area contributed by atoms with E-state index < -0.39 is 8.07 Å². The number of fused-ring (bicyclic) bond motifs is 1. The number of imidazole rings is 1. The Balaban J connectivity index is 2.56. The number of hydrogen-bond donors (Lipinski definition) is 0. The number of hydrogen-bond acceptors (Lipinski definition) is 3. The highest BCUT2D eigenvalue weighted by Crippen LogP contribution is 2.10. The average Bonchev–Trinajstić information content (AvgIpc) is 2.57. The first kappa shape index (κ1) is 10.8. The summed E-state index contributed by atoms with van der Waals surface area (Å²) in [6.07, 6.45) is 3.28. The van der Waals surface area contributed by atoms with E-state index in [4.69, 9.17) is 0 Å². The van der Waals surface area contributed by atoms with E-state index in [0.29, 0.717) is 0 Å². The molecule has 0 saturated heterocycles. The lowest BCUT2D eigenvalue weighted by molar-refractivity contribution is 0.928. The molecule has 0 aliphatic rings. The lowest BCUT2D eigenvalue weighted by Crippen LogP contribution is -2.16. The van der Waals surface area contributed by atoms with Crippen LogP contribution in [0.25, 0.3) is 11.2 Å². The van der Waals surface area contributed by atoms with Crippen molar-refractivity contribution in [3.63, 3.8) is 0 Å². The van der Waals surface area contributed by atoms with Gasteiger partial charge in [0.2, 0.25) is 0 Å². The molecule has 0 atom stereocenters. The van der Waals surface area contributed by atoms with Gasteiger partial charge in [0.05, 0.1) is 6.33 Å². The summed E-state index contributed by atoms with van der Waals surface area (Å²) in [7, 11) is 0.538. The molecule has 0 aliphatic carbocycles. The Kier molecular flexibility index (Phi) is 2.52. The Labute approximate surface area is 95.8 Å². The van der Waals surface area contributed by atoms with Crippen LogP contribution in [-0.4, -0.2) is 27.6 Å². The SMILES string of the molecule is Cn1cnc2c(C#C[Si](C)(C)C)ncnc21. The first-order chi connectivity index (χ1) is 7.47. The summed E-state index contributed by atoms with van der Waals surface area (Å²) >= 11 is 0. The largest absolute Gasteiger partial charge is 0.318 e. The van der Waals surface area contributed by atoms with Crippen molar-refractivity contribution in [1.82, 2.24) is 19.5 Å². The molecule has 0 aromatic carbocycles. The van der Waals surface area contributed by atoms with E-state index in [2.05, 4.69) is 46.1 Å². The number of rotatable bonds is 0. The zero-order valence-electron chi connectivity index (χ0n) is 9.94. The molecule has 0 saturated carbocycles. The van der Waals surface area contributed by atoms with Gasteiger partial charge in [0.25, 0.3) is 0 Å². The maximum atomic E-state index is 4.27. The Morgan fingerprint density at radius 1 is 1.19 bits per heavy atom. The van der Waals surface area contributed by atoms with Gasteiger partial charge in [0.1, 0.15) is 25.6 Å². The molecule has 0 radical (unpaired) electrons. The molecule has 82 valence electrons. The maximum absolute atomic E-state index is 4.27. The van der Waals surface area contributed by atoms with Crippen LogP contribution in [0, 0.1) is 11.5 Å². The highest BCUT2D eigenvalue weighted by molar-refractivity contribution is 6.83. The quantitative estimate of drug-likeness (QED) is 0.510. The van der Waals surface area contributed by atoms with Crippen molar-refractivity contribution in [2.24, 2.45) is 7.05 Å². The highest BCUT2D eigenvalue weighted by Gasteiger charge is 2.09. The Bertz CT molecular complexity index is 583. The second-order valence-corrected chi connectivity index (χ2v) is 9.50. The summed E-state index contributed by atoms with van der Waals surface area (Å²) in [5.41, 5.74) is 5.63. The van der Waals surface area contributed by atoms with Crippen molar-refractivity contribution in [2.45, 2.75) is 19.6 Å². The molecule has 0 bridgehead atoms. The monoisotopic (exact) mass is 230 g/mol. The zero-order valence-corrected chi connectivity index (χ0v) is 10.9. The third kappa shape index (κ3) is 2.12. The van der Waals surface area contributed by atoms with Crippen LogP contribution >= 0.6 is 0 Å². The minimum absolute atomic E-state index is 0.730. The first-order valence-corrected chi connectivity index (χ1v) is 8.62. The van der Waals surface area contributed by atoms with Crippen LogP contribution in [0.3, 0.4) is 0 Å². The Morgan fingerprint density at radius 3 is 2.62 bits per heavy atom. The van der Waals surface area contributed by atoms with E-state index in [1.165, 1.54) is 6.33 Å². The van der Waals surface area contributed by atoms with Crippen LogP contribution < -0.4 is 0 Å². The molecule has 4 nitrogen and oxygen atoms in total. The molecule has 0 fully saturated rings. The first-order valence-electron chi connectivity index (χ1n) is 5.12. The normalized spacial score (nSPS) is 11.2. The summed E-state index contributed by atoms with van der Waals surface area (Å²) in [6, 6.07) is 0. The van der Waals surface area contributed by atoms with E-state index in [-0.39, 0.29) is 0 Å². The van der Waals surface area contributed by atoms with E-state index >= 15 is 0 Å². The highest BCUT2D eigenvalue weighted by atomic mass is 28.3. The van der Waals surface area contributed by atoms with E-state index in [1.54, 1.807) is 6.33 Å². The van der Waals surface area contributed by atoms with Crippen molar-refractivity contribution >= 4 is 19.2 Å². The van der Waals surface area contributed by atoms with Gasteiger partial charge in [-0.2, -0.15) is 0 Å². The fourth-order valence-electron chi connectivity index (χ4n) is 1.28. The Morgan fingerprint density at radius 2 is 1.94 bits per heavy atom. The summed E-state index contributed by atoms with van der Waals surface area (Å²) in [6.45, 7) is 6.62. The van der Waals surface area contributed by atoms with Crippen LogP contribution in [-0.2, 0) is 7.05 Å². The summed E-state index contributed by atoms with van der Waals surface area (Å²) in [4.78, 5) is 12.6. The molecular formula is C11H14N4Si. The lowest BCUT2D eigenvalue weighted by atomic mass is 10.4. The van der Waals surface area contributed by atoms with E-state index in [0.717, 1.165) is 16.9 Å². The molecule has 5 heteroatoms. The number of nitrogens with zero attached hydrogens (tertiary/aromatic N) is 4. The molecule has 2 heterocycles. The summed E-state index contributed by atoms with van der Waals surface area (Å²) in [5.74, 6) is 3.13. The molecule has 0 aliphatic heterocycles. The third-order valence-electron chi connectivity index (χ3n) is 2.05.